The van der Waals surface area contributed by atoms with Crippen LogP contribution in [0.3, 0.4) is 0 Å². The van der Waals surface area contributed by atoms with Crippen LogP contribution in [0, 0.1) is 0 Å². The van der Waals surface area contributed by atoms with Crippen LogP contribution < -0.4 is 14.9 Å². The second kappa shape index (κ2) is 6.54. The van der Waals surface area contributed by atoms with Gasteiger partial charge in [-0.1, -0.05) is 0 Å². The quantitative estimate of drug-likeness (QED) is 0.331. The lowest BCUT2D eigenvalue weighted by molar-refractivity contribution is -0.222. The molecular weight excluding hydrogens is 319 g/mol. The number of benzene rings is 1. The normalized spacial score (nSPS) is 16.2. The monoisotopic (exact) mass is 336 g/mol. The third-order valence-corrected chi connectivity index (χ3v) is 3.25. The first-order chi connectivity index (χ1) is 11.2. The van der Waals surface area contributed by atoms with Crippen molar-refractivity contribution in [1.29, 1.82) is 0 Å². The van der Waals surface area contributed by atoms with E-state index in [0.29, 0.717) is 5.56 Å². The molecule has 0 aliphatic carbocycles. The number of cyclic esters (lactones) is 2. The van der Waals surface area contributed by atoms with Gasteiger partial charge in [-0.2, -0.15) is 0 Å². The SMILES string of the molecule is COc1cc(C=C2C(=O)OC(C)(C)OC2=O)cc(OC)c1B(O)O. The van der Waals surface area contributed by atoms with Crippen molar-refractivity contribution < 1.29 is 38.6 Å². The fourth-order valence-electron chi connectivity index (χ4n) is 2.24. The number of hydrogen-bond donors (Lipinski definition) is 2. The summed E-state index contributed by atoms with van der Waals surface area (Å²) in [4.78, 5) is 23.9. The fraction of sp³-hybridized carbons (Fsp3) is 0.333. The first-order valence-electron chi connectivity index (χ1n) is 6.99. The third kappa shape index (κ3) is 3.52. The second-order valence-corrected chi connectivity index (χ2v) is 5.45. The van der Waals surface area contributed by atoms with Gasteiger partial charge in [0.15, 0.2) is 0 Å². The molecular formula is C15H17BO8. The van der Waals surface area contributed by atoms with Gasteiger partial charge in [0, 0.05) is 13.8 Å². The molecule has 0 atom stereocenters. The molecule has 9 heteroatoms. The summed E-state index contributed by atoms with van der Waals surface area (Å²) in [7, 11) is 0.856. The average Bonchev–Trinajstić information content (AvgIpc) is 2.48. The van der Waals surface area contributed by atoms with E-state index in [4.69, 9.17) is 18.9 Å². The minimum absolute atomic E-state index is 0.0251. The van der Waals surface area contributed by atoms with Crippen molar-refractivity contribution in [2.75, 3.05) is 14.2 Å². The maximum Gasteiger partial charge on any atom is 0.496 e. The molecule has 0 spiro atoms. The van der Waals surface area contributed by atoms with E-state index in [1.54, 1.807) is 0 Å². The Morgan fingerprint density at radius 2 is 1.50 bits per heavy atom. The third-order valence-electron chi connectivity index (χ3n) is 3.25. The van der Waals surface area contributed by atoms with Crippen LogP contribution in [0.2, 0.25) is 0 Å². The van der Waals surface area contributed by atoms with Gasteiger partial charge < -0.3 is 29.0 Å². The van der Waals surface area contributed by atoms with Crippen molar-refractivity contribution >= 4 is 30.6 Å². The van der Waals surface area contributed by atoms with Gasteiger partial charge in [-0.15, -0.1) is 0 Å². The number of rotatable bonds is 4. The van der Waals surface area contributed by atoms with Crippen molar-refractivity contribution in [3.05, 3.63) is 23.3 Å². The van der Waals surface area contributed by atoms with Crippen molar-refractivity contribution in [3.63, 3.8) is 0 Å². The number of carbonyl (C=O) groups is 2. The molecule has 128 valence electrons. The fourth-order valence-corrected chi connectivity index (χ4v) is 2.24. The van der Waals surface area contributed by atoms with Gasteiger partial charge in [0.25, 0.3) is 5.79 Å². The summed E-state index contributed by atoms with van der Waals surface area (Å²) >= 11 is 0. The van der Waals surface area contributed by atoms with Gasteiger partial charge in [-0.25, -0.2) is 9.59 Å². The van der Waals surface area contributed by atoms with Crippen LogP contribution in [0.1, 0.15) is 19.4 Å². The zero-order valence-electron chi connectivity index (χ0n) is 13.7. The Labute approximate surface area is 138 Å². The molecule has 1 aromatic rings. The zero-order valence-corrected chi connectivity index (χ0v) is 13.7. The van der Waals surface area contributed by atoms with Gasteiger partial charge >= 0.3 is 19.1 Å². The first kappa shape index (κ1) is 17.8. The van der Waals surface area contributed by atoms with Crippen LogP contribution in [-0.4, -0.2) is 49.1 Å². The number of carbonyl (C=O) groups excluding carboxylic acids is 2. The van der Waals surface area contributed by atoms with E-state index in [9.17, 15) is 19.6 Å². The van der Waals surface area contributed by atoms with Crippen molar-refractivity contribution in [2.24, 2.45) is 0 Å². The lowest BCUT2D eigenvalue weighted by atomic mass is 9.78. The maximum atomic E-state index is 12.0. The molecule has 1 aromatic carbocycles. The number of esters is 2. The Kier molecular flexibility index (Phi) is 4.86. The summed E-state index contributed by atoms with van der Waals surface area (Å²) in [5.41, 5.74) is 0.0875. The van der Waals surface area contributed by atoms with Crippen molar-refractivity contribution in [1.82, 2.24) is 0 Å². The molecule has 0 radical (unpaired) electrons. The maximum absolute atomic E-state index is 12.0. The Balaban J connectivity index is 2.50. The van der Waals surface area contributed by atoms with E-state index >= 15 is 0 Å². The molecule has 0 bridgehead atoms. The highest BCUT2D eigenvalue weighted by Gasteiger charge is 2.39. The Morgan fingerprint density at radius 3 is 1.88 bits per heavy atom. The van der Waals surface area contributed by atoms with Crippen LogP contribution in [0.25, 0.3) is 6.08 Å². The van der Waals surface area contributed by atoms with E-state index < -0.39 is 24.8 Å². The summed E-state index contributed by atoms with van der Waals surface area (Å²) in [6.07, 6.45) is 1.25. The highest BCUT2D eigenvalue weighted by atomic mass is 16.7. The molecule has 0 amide bonds. The van der Waals surface area contributed by atoms with E-state index in [0.717, 1.165) is 0 Å². The predicted molar refractivity (Wildman–Crippen MR) is 83.6 cm³/mol. The van der Waals surface area contributed by atoms with Gasteiger partial charge in [0.1, 0.15) is 17.1 Å². The zero-order chi connectivity index (χ0) is 18.1. The second-order valence-electron chi connectivity index (χ2n) is 5.45. The molecule has 1 aliphatic rings. The number of ether oxygens (including phenoxy) is 4. The van der Waals surface area contributed by atoms with E-state index in [2.05, 4.69) is 0 Å². The molecule has 2 N–H and O–H groups in total. The molecule has 8 nitrogen and oxygen atoms in total. The van der Waals surface area contributed by atoms with E-state index in [1.165, 1.54) is 46.3 Å². The molecule has 0 unspecified atom stereocenters. The van der Waals surface area contributed by atoms with Crippen molar-refractivity contribution in [2.45, 2.75) is 19.6 Å². The number of methoxy groups -OCH3 is 2. The summed E-state index contributed by atoms with van der Waals surface area (Å²) in [5, 5.41) is 18.9. The molecule has 0 saturated carbocycles. The van der Waals surface area contributed by atoms with Gasteiger partial charge in [-0.05, 0) is 23.8 Å². The van der Waals surface area contributed by atoms with E-state index in [-0.39, 0.29) is 22.5 Å². The summed E-state index contributed by atoms with van der Waals surface area (Å²) in [5.74, 6) is -2.73. The minimum Gasteiger partial charge on any atom is -0.497 e. The highest BCUT2D eigenvalue weighted by molar-refractivity contribution is 6.61. The Morgan fingerprint density at radius 1 is 1.04 bits per heavy atom. The molecule has 24 heavy (non-hydrogen) atoms. The predicted octanol–water partition coefficient (Wildman–Crippen LogP) is -0.397. The summed E-state index contributed by atoms with van der Waals surface area (Å²) < 4.78 is 20.2. The molecule has 1 fully saturated rings. The minimum atomic E-state index is -1.82. The van der Waals surface area contributed by atoms with Crippen molar-refractivity contribution in [3.8, 4) is 11.5 Å². The first-order valence-corrected chi connectivity index (χ1v) is 6.99. The standard InChI is InChI=1S/C15H17BO8/c1-15(2)23-13(17)9(14(18)24-15)5-8-6-10(21-3)12(16(19)20)11(7-8)22-4/h5-7,19-20H,1-4H3. The molecule has 1 aliphatic heterocycles. The lowest BCUT2D eigenvalue weighted by Crippen LogP contribution is -2.41. The summed E-state index contributed by atoms with van der Waals surface area (Å²) in [6, 6.07) is 2.84. The van der Waals surface area contributed by atoms with Crippen LogP contribution in [0.15, 0.2) is 17.7 Å². The molecule has 1 heterocycles. The smallest absolute Gasteiger partial charge is 0.496 e. The lowest BCUT2D eigenvalue weighted by Gasteiger charge is -2.29. The van der Waals surface area contributed by atoms with Crippen LogP contribution >= 0.6 is 0 Å². The molecule has 2 rings (SSSR count). The highest BCUT2D eigenvalue weighted by Crippen LogP contribution is 2.27. The Bertz CT molecular complexity index is 660. The molecule has 0 aromatic heterocycles. The topological polar surface area (TPSA) is 112 Å². The largest absolute Gasteiger partial charge is 0.497 e. The van der Waals surface area contributed by atoms with Gasteiger partial charge in [-0.3, -0.25) is 0 Å². The molecule has 1 saturated heterocycles. The summed E-state index contributed by atoms with van der Waals surface area (Å²) in [6.45, 7) is 2.89. The average molecular weight is 336 g/mol. The van der Waals surface area contributed by atoms with Gasteiger partial charge in [0.2, 0.25) is 0 Å². The van der Waals surface area contributed by atoms with Crippen LogP contribution in [0.4, 0.5) is 0 Å². The number of hydrogen-bond acceptors (Lipinski definition) is 8. The van der Waals surface area contributed by atoms with Gasteiger partial charge in [0.05, 0.1) is 19.7 Å². The van der Waals surface area contributed by atoms with Crippen LogP contribution in [-0.2, 0) is 19.1 Å². The van der Waals surface area contributed by atoms with E-state index in [1.807, 2.05) is 0 Å². The van der Waals surface area contributed by atoms with Crippen LogP contribution in [0.5, 0.6) is 11.5 Å². The Hall–Kier alpha value is -2.52.